The maximum atomic E-state index is 5.35. The summed E-state index contributed by atoms with van der Waals surface area (Å²) in [6, 6.07) is 63.0. The van der Waals surface area contributed by atoms with Crippen molar-refractivity contribution in [2.45, 2.75) is 0 Å². The van der Waals surface area contributed by atoms with Crippen LogP contribution in [0.15, 0.2) is 176 Å². The summed E-state index contributed by atoms with van der Waals surface area (Å²) in [5.41, 5.74) is 10.0. The van der Waals surface area contributed by atoms with E-state index in [0.29, 0.717) is 17.6 Å². The van der Waals surface area contributed by atoms with Crippen LogP contribution in [0.4, 0.5) is 0 Å². The fourth-order valence-corrected chi connectivity index (χ4v) is 9.41. The van der Waals surface area contributed by atoms with Crippen LogP contribution in [0.1, 0.15) is 0 Å². The maximum absolute atomic E-state index is 5.35. The highest BCUT2D eigenvalue weighted by Crippen LogP contribution is 2.51. The van der Waals surface area contributed by atoms with Gasteiger partial charge in [0.25, 0.3) is 0 Å². The van der Waals surface area contributed by atoms with Gasteiger partial charge >= 0.3 is 0 Å². The van der Waals surface area contributed by atoms with Crippen molar-refractivity contribution >= 4 is 75.9 Å². The molecular weight excluding hydrogens is 683 g/mol. The third kappa shape index (κ3) is 4.01. The molecule has 56 heavy (non-hydrogen) atoms. The molecule has 3 heterocycles. The lowest BCUT2D eigenvalue weighted by Gasteiger charge is -2.12. The van der Waals surface area contributed by atoms with E-state index in [0.717, 1.165) is 38.6 Å². The predicted molar refractivity (Wildman–Crippen MR) is 231 cm³/mol. The minimum absolute atomic E-state index is 0.593. The van der Waals surface area contributed by atoms with Gasteiger partial charge in [0.2, 0.25) is 5.95 Å². The highest BCUT2D eigenvalue weighted by molar-refractivity contribution is 6.38. The van der Waals surface area contributed by atoms with Crippen molar-refractivity contribution in [1.29, 1.82) is 0 Å². The molecule has 0 saturated carbocycles. The molecule has 5 nitrogen and oxygen atoms in total. The molecule has 12 aromatic rings. The Morgan fingerprint density at radius 2 is 0.786 bits per heavy atom. The van der Waals surface area contributed by atoms with Gasteiger partial charge in [-0.25, -0.2) is 4.98 Å². The van der Waals surface area contributed by atoms with Crippen molar-refractivity contribution in [2.24, 2.45) is 0 Å². The Balaban J connectivity index is 1.16. The summed E-state index contributed by atoms with van der Waals surface area (Å²) in [5, 5.41) is 12.1. The number of benzene rings is 9. The second-order valence-electron chi connectivity index (χ2n) is 14.8. The van der Waals surface area contributed by atoms with Crippen LogP contribution in [0.2, 0.25) is 0 Å². The van der Waals surface area contributed by atoms with Gasteiger partial charge in [0.15, 0.2) is 11.6 Å². The van der Waals surface area contributed by atoms with Crippen molar-refractivity contribution < 1.29 is 0 Å². The van der Waals surface area contributed by atoms with Crippen LogP contribution >= 0.6 is 0 Å². The quantitative estimate of drug-likeness (QED) is 0.183. The first kappa shape index (κ1) is 29.8. The molecule has 0 N–H and O–H groups in total. The molecule has 5 heteroatoms. The molecule has 0 aliphatic heterocycles. The molecule has 0 bridgehead atoms. The van der Waals surface area contributed by atoms with E-state index < -0.39 is 0 Å². The molecule has 0 saturated heterocycles. The molecule has 1 aliphatic carbocycles. The standard InChI is InChI=1S/C51H29N5/c1-2-14-37(15-3-1)55-40-18-8-16-38-39-17-9-19-41-46(39)48-43(27-25-32-24-26-42(55)47(44(32)48)45(38)40)56(41)51-53-49(35-22-20-30-10-4-6-12-33(30)28-35)52-50(54-51)36-23-21-31-11-5-7-13-34(31)29-36/h1-29H. The van der Waals surface area contributed by atoms with Crippen molar-refractivity contribution in [1.82, 2.24) is 24.1 Å². The van der Waals surface area contributed by atoms with Crippen LogP contribution in [0.3, 0.4) is 0 Å². The summed E-state index contributed by atoms with van der Waals surface area (Å²) in [5.74, 6) is 1.87. The maximum Gasteiger partial charge on any atom is 0.238 e. The summed E-state index contributed by atoms with van der Waals surface area (Å²) in [4.78, 5) is 15.9. The zero-order chi connectivity index (χ0) is 36.5. The van der Waals surface area contributed by atoms with E-state index >= 15 is 0 Å². The summed E-state index contributed by atoms with van der Waals surface area (Å²) >= 11 is 0. The summed E-state index contributed by atoms with van der Waals surface area (Å²) in [6.07, 6.45) is 0. The van der Waals surface area contributed by atoms with Crippen LogP contribution in [0, 0.1) is 0 Å². The molecule has 13 rings (SSSR count). The molecule has 3 aromatic heterocycles. The zero-order valence-corrected chi connectivity index (χ0v) is 30.0. The van der Waals surface area contributed by atoms with E-state index in [1.165, 1.54) is 65.3 Å². The first-order valence-corrected chi connectivity index (χ1v) is 19.0. The minimum Gasteiger partial charge on any atom is -0.309 e. The lowest BCUT2D eigenvalue weighted by Crippen LogP contribution is -2.06. The Morgan fingerprint density at radius 1 is 0.304 bits per heavy atom. The number of hydrogen-bond acceptors (Lipinski definition) is 3. The summed E-state index contributed by atoms with van der Waals surface area (Å²) in [7, 11) is 0. The van der Waals surface area contributed by atoms with Crippen molar-refractivity contribution in [3.63, 3.8) is 0 Å². The lowest BCUT2D eigenvalue weighted by molar-refractivity contribution is 0.954. The molecule has 258 valence electrons. The highest BCUT2D eigenvalue weighted by atomic mass is 15.2. The normalized spacial score (nSPS) is 12.3. The van der Waals surface area contributed by atoms with Crippen molar-refractivity contribution in [3.05, 3.63) is 176 Å². The average molecular weight is 712 g/mol. The van der Waals surface area contributed by atoms with Gasteiger partial charge in [-0.05, 0) is 86.6 Å². The van der Waals surface area contributed by atoms with Crippen LogP contribution in [-0.2, 0) is 0 Å². The number of rotatable bonds is 4. The molecular formula is C51H29N5. The number of fused-ring (bicyclic) bond motifs is 3. The fraction of sp³-hybridized carbons (Fsp3) is 0. The molecule has 0 unspecified atom stereocenters. The third-order valence-electron chi connectivity index (χ3n) is 11.8. The van der Waals surface area contributed by atoms with Gasteiger partial charge in [-0.2, -0.15) is 9.97 Å². The Hall–Kier alpha value is -7.63. The average Bonchev–Trinajstić information content (AvgIpc) is 3.75. The smallest absolute Gasteiger partial charge is 0.238 e. The van der Waals surface area contributed by atoms with Gasteiger partial charge in [0.1, 0.15) is 0 Å². The van der Waals surface area contributed by atoms with Crippen molar-refractivity contribution in [2.75, 3.05) is 0 Å². The third-order valence-corrected chi connectivity index (χ3v) is 11.8. The van der Waals surface area contributed by atoms with Crippen LogP contribution in [0.5, 0.6) is 0 Å². The Kier molecular flexibility index (Phi) is 5.83. The van der Waals surface area contributed by atoms with E-state index in [2.05, 4.69) is 185 Å². The molecule has 0 radical (unpaired) electrons. The van der Waals surface area contributed by atoms with E-state index in [4.69, 9.17) is 15.0 Å². The molecule has 0 spiro atoms. The minimum atomic E-state index is 0.593. The predicted octanol–water partition coefficient (Wildman–Crippen LogP) is 12.8. The van der Waals surface area contributed by atoms with Crippen LogP contribution < -0.4 is 0 Å². The lowest BCUT2D eigenvalue weighted by atomic mass is 9.98. The highest BCUT2D eigenvalue weighted by Gasteiger charge is 2.28. The van der Waals surface area contributed by atoms with E-state index in [1.54, 1.807) is 0 Å². The Bertz CT molecular complexity index is 3550. The van der Waals surface area contributed by atoms with E-state index in [-0.39, 0.29) is 0 Å². The number of aromatic nitrogens is 5. The Morgan fingerprint density at radius 3 is 1.38 bits per heavy atom. The van der Waals surface area contributed by atoms with E-state index in [9.17, 15) is 0 Å². The molecule has 1 aliphatic rings. The van der Waals surface area contributed by atoms with Gasteiger partial charge in [-0.3, -0.25) is 4.57 Å². The second kappa shape index (κ2) is 11.0. The second-order valence-corrected chi connectivity index (χ2v) is 14.8. The van der Waals surface area contributed by atoms with Gasteiger partial charge < -0.3 is 4.57 Å². The molecule has 0 fully saturated rings. The monoisotopic (exact) mass is 711 g/mol. The van der Waals surface area contributed by atoms with Gasteiger partial charge in [0.05, 0.1) is 22.1 Å². The summed E-state index contributed by atoms with van der Waals surface area (Å²) < 4.78 is 4.69. The molecule has 9 aromatic carbocycles. The van der Waals surface area contributed by atoms with Crippen LogP contribution in [-0.4, -0.2) is 24.1 Å². The zero-order valence-electron chi connectivity index (χ0n) is 30.0. The summed E-state index contributed by atoms with van der Waals surface area (Å²) in [6.45, 7) is 0. The fourth-order valence-electron chi connectivity index (χ4n) is 9.41. The molecule has 0 amide bonds. The first-order chi connectivity index (χ1) is 27.8. The van der Waals surface area contributed by atoms with Crippen molar-refractivity contribution in [3.8, 4) is 45.5 Å². The number of hydrogen-bond donors (Lipinski definition) is 0. The SMILES string of the molecule is c1ccc(-n2c3cccc4c3c3c5c(ccc32)ccc2c5c3c-4cccc3n2-c2nc(-c3ccc4ccccc4c3)nc(-c3ccc4ccccc4c3)n2)cc1. The molecule has 0 atom stereocenters. The number of para-hydroxylation sites is 1. The van der Waals surface area contributed by atoms with Gasteiger partial charge in [-0.15, -0.1) is 0 Å². The van der Waals surface area contributed by atoms with Crippen LogP contribution in [0.25, 0.3) is 121 Å². The van der Waals surface area contributed by atoms with E-state index in [1.807, 2.05) is 0 Å². The first-order valence-electron chi connectivity index (χ1n) is 19.0. The van der Waals surface area contributed by atoms with Gasteiger partial charge in [-0.1, -0.05) is 127 Å². The Labute approximate surface area is 320 Å². The topological polar surface area (TPSA) is 48.5 Å². The number of nitrogens with zero attached hydrogens (tertiary/aromatic N) is 5. The largest absolute Gasteiger partial charge is 0.309 e. The van der Waals surface area contributed by atoms with Gasteiger partial charge in [0, 0.05) is 43.7 Å².